The number of likely N-dealkylation sites (tertiary alicyclic amines) is 3. The normalized spacial score (nSPS) is 20.3. The lowest BCUT2D eigenvalue weighted by atomic mass is 9.85. The predicted molar refractivity (Wildman–Crippen MR) is 407 cm³/mol. The summed E-state index contributed by atoms with van der Waals surface area (Å²) < 4.78 is 4.56. The quantitative estimate of drug-likeness (QED) is 0.0310. The number of aryl methyl sites for hydroxylation is 2. The smallest absolute Gasteiger partial charge is 0.248 e. The van der Waals surface area contributed by atoms with E-state index in [-0.39, 0.29) is 82.0 Å². The zero-order valence-corrected chi connectivity index (χ0v) is 64.4. The van der Waals surface area contributed by atoms with Gasteiger partial charge < -0.3 is 51.7 Å². The van der Waals surface area contributed by atoms with E-state index >= 15 is 4.79 Å². The van der Waals surface area contributed by atoms with Crippen molar-refractivity contribution >= 4 is 64.0 Å². The molecule has 0 radical (unpaired) electrons. The molecule has 109 heavy (non-hydrogen) atoms. The summed E-state index contributed by atoms with van der Waals surface area (Å²) in [7, 11) is 0. The van der Waals surface area contributed by atoms with Crippen LogP contribution in [0, 0.1) is 30.6 Å². The molecule has 3 saturated heterocycles. The number of nitrogens with zero attached hydrogens (tertiary/aromatic N) is 14. The highest BCUT2D eigenvalue weighted by molar-refractivity contribution is 7.13. The van der Waals surface area contributed by atoms with Gasteiger partial charge >= 0.3 is 0 Å². The first kappa shape index (κ1) is 76.9. The fourth-order valence-corrected chi connectivity index (χ4v) is 16.9. The van der Waals surface area contributed by atoms with Crippen molar-refractivity contribution in [3.8, 4) is 32.0 Å². The van der Waals surface area contributed by atoms with Crippen molar-refractivity contribution in [2.24, 2.45) is 22.5 Å². The van der Waals surface area contributed by atoms with E-state index in [0.29, 0.717) is 36.3 Å². The fraction of sp³-hybridized carbons (Fsp3) is 0.456. The van der Waals surface area contributed by atoms with Crippen molar-refractivity contribution in [3.63, 3.8) is 0 Å². The molecule has 30 heteroatoms. The van der Waals surface area contributed by atoms with E-state index in [1.165, 1.54) is 35.4 Å². The standard InChI is InChI=1S/C79H94N18O10S2/c1-44(2)65(95-36-45(3)86-89-95)74(105)92-37-57(100)33-62(92)73(104)85-59(70(80)101)30-48-13-21-52(22-14-48)51-19-11-47(12-20-51)29-58-67(109-43-84-58)54-25-17-50(18-26-54)35-82-72(103)61-32-56(99)39-94(61)76(107)69(78(8,9)10)97-41-64(88-91-97)79(27-28-79)63-40-96(90-87-63)68(77(5,6)7)75(106)93-38-55(98)31-60(93)71(102)81-34-49-15-23-53(24-16-49)66-46(4)83-42-108-66/h11-26,36,40-44,55-57,59-62,65,68-69,98-100H,27-35,37-39H2,1-10H3,(H2,80,101)(H,81,102)(H,82,103)(H,85,104)/t55-,56-,57-,59-,60+,61+,62+,65+,68-,69-/m1/s1. The molecule has 0 bridgehead atoms. The van der Waals surface area contributed by atoms with E-state index in [4.69, 9.17) is 10.7 Å². The molecule has 8 heterocycles. The van der Waals surface area contributed by atoms with Crippen LogP contribution in [0.4, 0.5) is 0 Å². The summed E-state index contributed by atoms with van der Waals surface area (Å²) in [6.07, 6.45) is 4.47. The molecule has 4 fully saturated rings. The number of nitrogens with two attached hydrogens (primary N) is 1. The molecule has 9 aromatic rings. The Morgan fingerprint density at radius 1 is 0.532 bits per heavy atom. The third kappa shape index (κ3) is 16.7. The van der Waals surface area contributed by atoms with E-state index < -0.39 is 100 Å². The van der Waals surface area contributed by atoms with Crippen LogP contribution >= 0.6 is 22.7 Å². The minimum Gasteiger partial charge on any atom is -0.391 e. The van der Waals surface area contributed by atoms with Crippen LogP contribution in [0.3, 0.4) is 0 Å². The number of nitrogens with one attached hydrogen (secondary N) is 3. The van der Waals surface area contributed by atoms with Gasteiger partial charge in [-0.3, -0.25) is 33.6 Å². The van der Waals surface area contributed by atoms with Crippen LogP contribution in [0.2, 0.25) is 0 Å². The number of amides is 7. The van der Waals surface area contributed by atoms with Gasteiger partial charge in [-0.15, -0.1) is 38.0 Å². The van der Waals surface area contributed by atoms with E-state index in [2.05, 4.69) is 64.0 Å². The van der Waals surface area contributed by atoms with Gasteiger partial charge in [-0.2, -0.15) is 0 Å². The van der Waals surface area contributed by atoms with Gasteiger partial charge in [0.15, 0.2) is 0 Å². The second-order valence-corrected chi connectivity index (χ2v) is 33.7. The second kappa shape index (κ2) is 31.4. The first-order chi connectivity index (χ1) is 51.9. The first-order valence-corrected chi connectivity index (χ1v) is 38.7. The third-order valence-electron chi connectivity index (χ3n) is 21.2. The molecular formula is C79H94N18O10S2. The zero-order valence-electron chi connectivity index (χ0n) is 62.8. The topological polar surface area (TPSA) is 370 Å². The number of thiazole rings is 2. The van der Waals surface area contributed by atoms with Crippen LogP contribution in [0.15, 0.2) is 127 Å². The summed E-state index contributed by atoms with van der Waals surface area (Å²) in [4.78, 5) is 114. The van der Waals surface area contributed by atoms with Crippen molar-refractivity contribution in [1.29, 1.82) is 0 Å². The highest BCUT2D eigenvalue weighted by Crippen LogP contribution is 2.53. The number of carbonyl (C=O) groups is 7. The number of rotatable bonds is 25. The Bertz CT molecular complexity index is 4800. The summed E-state index contributed by atoms with van der Waals surface area (Å²) in [6, 6.07) is 25.0. The molecule has 5 aromatic heterocycles. The lowest BCUT2D eigenvalue weighted by molar-refractivity contribution is -0.144. The number of hydrogen-bond donors (Lipinski definition) is 7. The highest BCUT2D eigenvalue weighted by atomic mass is 32.1. The van der Waals surface area contributed by atoms with Gasteiger partial charge in [0, 0.05) is 71.0 Å². The Balaban J connectivity index is 0.603. The maximum absolute atomic E-state index is 15.0. The maximum Gasteiger partial charge on any atom is 0.248 e. The van der Waals surface area contributed by atoms with Gasteiger partial charge in [-0.1, -0.05) is 168 Å². The molecule has 13 rings (SSSR count). The molecule has 3 aliphatic heterocycles. The predicted octanol–water partition coefficient (Wildman–Crippen LogP) is 6.77. The third-order valence-corrected chi connectivity index (χ3v) is 23.1. The Morgan fingerprint density at radius 2 is 0.954 bits per heavy atom. The number of carbonyl (C=O) groups excluding carboxylic acids is 7. The van der Waals surface area contributed by atoms with Crippen molar-refractivity contribution < 1.29 is 48.9 Å². The molecule has 1 aliphatic carbocycles. The zero-order chi connectivity index (χ0) is 77.5. The second-order valence-electron chi connectivity index (χ2n) is 32.0. The number of primary amides is 1. The van der Waals surface area contributed by atoms with E-state index in [9.17, 15) is 44.1 Å². The van der Waals surface area contributed by atoms with Gasteiger partial charge in [0.25, 0.3) is 0 Å². The Kier molecular flexibility index (Phi) is 22.1. The minimum absolute atomic E-state index is 0.00491. The molecule has 28 nitrogen and oxygen atoms in total. The number of aliphatic hydroxyl groups is 3. The summed E-state index contributed by atoms with van der Waals surface area (Å²) in [5.41, 5.74) is 18.3. The number of aliphatic hydroxyl groups excluding tert-OH is 3. The number of benzene rings is 4. The number of β-amino-alcohol motifs (C(OH)–C–C–N with tert-alkyl or cyclic N) is 3. The SMILES string of the molecule is Cc1cn([C@H](C(=O)N2C[C@H](O)C[C@H]2C(=O)N[C@H](Cc2ccc(-c3ccc(Cc4ncsc4-c4ccc(CNC(=O)[C@@H]5C[C@@H](O)CN5C(=O)[C@@H](n5cc(C6(c7cn([C@H](C(=O)N8C[C@H](O)C[C@H]8C(=O)NCc8ccc(-c9scnc9C)cc8)C(C)(C)C)nn7)CC6)nn5)C(C)(C)C)cc4)cc3)cc2)C(N)=O)C(C)C)nn1. The van der Waals surface area contributed by atoms with Crippen molar-refractivity contribution in [3.05, 3.63) is 177 Å². The molecule has 0 spiro atoms. The lowest BCUT2D eigenvalue weighted by Crippen LogP contribution is -2.54. The molecule has 4 aromatic carbocycles. The van der Waals surface area contributed by atoms with Crippen LogP contribution in [0.1, 0.15) is 156 Å². The molecule has 0 unspecified atom stereocenters. The highest BCUT2D eigenvalue weighted by Gasteiger charge is 2.54. The lowest BCUT2D eigenvalue weighted by Gasteiger charge is -2.34. The number of aromatic nitrogens is 11. The monoisotopic (exact) mass is 1520 g/mol. The van der Waals surface area contributed by atoms with Crippen molar-refractivity contribution in [2.75, 3.05) is 19.6 Å². The van der Waals surface area contributed by atoms with Crippen molar-refractivity contribution in [1.82, 2.24) is 85.6 Å². The van der Waals surface area contributed by atoms with Crippen LogP contribution in [0.5, 0.6) is 0 Å². The fourth-order valence-electron chi connectivity index (χ4n) is 15.3. The van der Waals surface area contributed by atoms with Crippen LogP contribution < -0.4 is 21.7 Å². The van der Waals surface area contributed by atoms with E-state index in [1.807, 2.05) is 158 Å². The van der Waals surface area contributed by atoms with E-state index in [1.54, 1.807) is 41.5 Å². The first-order valence-electron chi connectivity index (χ1n) is 36.9. The maximum atomic E-state index is 15.0. The summed E-state index contributed by atoms with van der Waals surface area (Å²) in [5.74, 6) is -3.44. The van der Waals surface area contributed by atoms with Crippen LogP contribution in [-0.4, -0.2) is 188 Å². The molecular weight excluding hydrogens is 1430 g/mol. The molecule has 4 aliphatic rings. The van der Waals surface area contributed by atoms with Gasteiger partial charge in [-0.05, 0) is 87.9 Å². The van der Waals surface area contributed by atoms with Gasteiger partial charge in [0.05, 0.1) is 85.4 Å². The number of hydrogen-bond acceptors (Lipinski definition) is 20. The Labute approximate surface area is 639 Å². The Hall–Kier alpha value is -10.3. The molecule has 572 valence electrons. The van der Waals surface area contributed by atoms with Gasteiger partial charge in [-0.25, -0.2) is 24.0 Å². The van der Waals surface area contributed by atoms with Crippen LogP contribution in [0.25, 0.3) is 32.0 Å². The summed E-state index contributed by atoms with van der Waals surface area (Å²) in [6.45, 7) is 19.2. The minimum atomic E-state index is -1.08. The summed E-state index contributed by atoms with van der Waals surface area (Å²) in [5, 5.41) is 68.1. The molecule has 8 N–H and O–H groups in total. The van der Waals surface area contributed by atoms with Crippen molar-refractivity contribution in [2.45, 2.75) is 193 Å². The average molecular weight is 1520 g/mol. The van der Waals surface area contributed by atoms with Gasteiger partial charge in [0.2, 0.25) is 41.4 Å². The molecule has 7 amide bonds. The average Bonchev–Trinajstić information content (AvgIpc) is 1.57. The summed E-state index contributed by atoms with van der Waals surface area (Å²) >= 11 is 3.10. The largest absolute Gasteiger partial charge is 0.391 e. The van der Waals surface area contributed by atoms with E-state index in [0.717, 1.165) is 65.6 Å². The van der Waals surface area contributed by atoms with Crippen LogP contribution in [-0.2, 0) is 64.9 Å². The Morgan fingerprint density at radius 3 is 1.39 bits per heavy atom. The molecule has 1 saturated carbocycles. The molecule has 10 atom stereocenters. The van der Waals surface area contributed by atoms with Gasteiger partial charge in [0.1, 0.15) is 42.3 Å².